The maximum Gasteiger partial charge on any atom is 0.227 e. The Hall–Kier alpha value is -2.34. The zero-order valence-corrected chi connectivity index (χ0v) is 15.4. The van der Waals surface area contributed by atoms with Crippen LogP contribution in [0.25, 0.3) is 0 Å². The van der Waals surface area contributed by atoms with Crippen LogP contribution in [0.15, 0.2) is 36.4 Å². The summed E-state index contributed by atoms with van der Waals surface area (Å²) < 4.78 is 5.68. The van der Waals surface area contributed by atoms with E-state index < -0.39 is 0 Å². The summed E-state index contributed by atoms with van der Waals surface area (Å²) in [5, 5.41) is 3.43. The molecule has 1 aromatic heterocycles. The van der Waals surface area contributed by atoms with E-state index in [2.05, 4.69) is 50.4 Å². The molecule has 2 saturated heterocycles. The number of rotatable bonds is 5. The van der Waals surface area contributed by atoms with Crippen molar-refractivity contribution in [2.75, 3.05) is 54.4 Å². The topological polar surface area (TPSA) is 53.5 Å². The first-order chi connectivity index (χ1) is 12.8. The van der Waals surface area contributed by atoms with E-state index >= 15 is 0 Å². The van der Waals surface area contributed by atoms with Crippen molar-refractivity contribution in [3.8, 4) is 0 Å². The van der Waals surface area contributed by atoms with E-state index in [0.717, 1.165) is 69.6 Å². The van der Waals surface area contributed by atoms with Crippen molar-refractivity contribution in [3.63, 3.8) is 0 Å². The minimum atomic E-state index is 0.308. The van der Waals surface area contributed by atoms with Crippen molar-refractivity contribution in [1.82, 2.24) is 9.97 Å². The highest BCUT2D eigenvalue weighted by molar-refractivity contribution is 5.49. The minimum Gasteiger partial charge on any atom is -0.376 e. The molecule has 1 unspecified atom stereocenters. The van der Waals surface area contributed by atoms with Gasteiger partial charge in [-0.25, -0.2) is 4.98 Å². The quantitative estimate of drug-likeness (QED) is 0.892. The molecule has 138 valence electrons. The summed E-state index contributed by atoms with van der Waals surface area (Å²) in [6.07, 6.45) is 2.60. The van der Waals surface area contributed by atoms with E-state index in [1.807, 2.05) is 13.0 Å². The van der Waals surface area contributed by atoms with E-state index in [1.54, 1.807) is 0 Å². The Morgan fingerprint density at radius 2 is 1.85 bits per heavy atom. The highest BCUT2D eigenvalue weighted by Gasteiger charge is 2.20. The summed E-state index contributed by atoms with van der Waals surface area (Å²) in [6.45, 7) is 7.57. The molecule has 1 N–H and O–H groups in total. The highest BCUT2D eigenvalue weighted by atomic mass is 16.5. The predicted octanol–water partition coefficient (Wildman–Crippen LogP) is 2.70. The molecule has 1 atom stereocenters. The number of hydrogen-bond acceptors (Lipinski definition) is 6. The van der Waals surface area contributed by atoms with E-state index in [9.17, 15) is 0 Å². The van der Waals surface area contributed by atoms with Crippen molar-refractivity contribution in [1.29, 1.82) is 0 Å². The summed E-state index contributed by atoms with van der Waals surface area (Å²) in [7, 11) is 0. The fraction of sp³-hybridized carbons (Fsp3) is 0.500. The Bertz CT molecular complexity index is 709. The first-order valence-corrected chi connectivity index (χ1v) is 9.54. The second-order valence-electron chi connectivity index (χ2n) is 7.02. The number of hydrogen-bond donors (Lipinski definition) is 1. The van der Waals surface area contributed by atoms with Gasteiger partial charge in [0.05, 0.1) is 6.10 Å². The van der Waals surface area contributed by atoms with E-state index in [0.29, 0.717) is 6.10 Å². The number of para-hydroxylation sites is 1. The van der Waals surface area contributed by atoms with Gasteiger partial charge < -0.3 is 19.9 Å². The van der Waals surface area contributed by atoms with Gasteiger partial charge in [-0.05, 0) is 31.9 Å². The third-order valence-electron chi connectivity index (χ3n) is 5.06. The monoisotopic (exact) mass is 353 g/mol. The summed E-state index contributed by atoms with van der Waals surface area (Å²) in [5.41, 5.74) is 2.28. The molecule has 2 aliphatic heterocycles. The average Bonchev–Trinajstić information content (AvgIpc) is 3.20. The van der Waals surface area contributed by atoms with Crippen LogP contribution in [0.2, 0.25) is 0 Å². The molecule has 2 fully saturated rings. The zero-order valence-electron chi connectivity index (χ0n) is 15.4. The molecule has 0 saturated carbocycles. The van der Waals surface area contributed by atoms with Gasteiger partial charge in [-0.3, -0.25) is 0 Å². The maximum absolute atomic E-state index is 5.68. The number of aromatic nitrogens is 2. The molecular formula is C20H27N5O. The van der Waals surface area contributed by atoms with Crippen LogP contribution in [-0.2, 0) is 4.74 Å². The fourth-order valence-corrected chi connectivity index (χ4v) is 3.61. The maximum atomic E-state index is 5.68. The molecule has 3 heterocycles. The number of piperazine rings is 1. The van der Waals surface area contributed by atoms with Crippen molar-refractivity contribution in [2.24, 2.45) is 0 Å². The first kappa shape index (κ1) is 17.1. The van der Waals surface area contributed by atoms with Gasteiger partial charge in [-0.2, -0.15) is 4.98 Å². The molecule has 1 aromatic carbocycles. The van der Waals surface area contributed by atoms with Crippen molar-refractivity contribution < 1.29 is 4.74 Å². The number of benzene rings is 1. The molecular weight excluding hydrogens is 326 g/mol. The SMILES string of the molecule is Cc1cc(NCC2CCCO2)nc(N2CCN(c3ccccc3)CC2)n1. The van der Waals surface area contributed by atoms with Gasteiger partial charge in [0.25, 0.3) is 0 Å². The molecule has 26 heavy (non-hydrogen) atoms. The number of anilines is 3. The molecule has 6 nitrogen and oxygen atoms in total. The Morgan fingerprint density at radius 1 is 1.08 bits per heavy atom. The van der Waals surface area contributed by atoms with Gasteiger partial charge in [-0.1, -0.05) is 18.2 Å². The van der Waals surface area contributed by atoms with Crippen molar-refractivity contribution >= 4 is 17.5 Å². The van der Waals surface area contributed by atoms with Crippen LogP contribution in [-0.4, -0.2) is 55.4 Å². The van der Waals surface area contributed by atoms with Crippen LogP contribution in [0.3, 0.4) is 0 Å². The molecule has 4 rings (SSSR count). The second kappa shape index (κ2) is 7.91. The summed E-state index contributed by atoms with van der Waals surface area (Å²) in [6, 6.07) is 12.6. The van der Waals surface area contributed by atoms with Crippen LogP contribution in [0, 0.1) is 6.92 Å². The lowest BCUT2D eigenvalue weighted by atomic mass is 10.2. The fourth-order valence-electron chi connectivity index (χ4n) is 3.61. The van der Waals surface area contributed by atoms with Gasteiger partial charge >= 0.3 is 0 Å². The van der Waals surface area contributed by atoms with Gasteiger partial charge in [0.1, 0.15) is 5.82 Å². The zero-order chi connectivity index (χ0) is 17.8. The third-order valence-corrected chi connectivity index (χ3v) is 5.06. The van der Waals surface area contributed by atoms with Crippen LogP contribution >= 0.6 is 0 Å². The van der Waals surface area contributed by atoms with E-state index in [1.165, 1.54) is 5.69 Å². The van der Waals surface area contributed by atoms with Gasteiger partial charge in [0.2, 0.25) is 5.95 Å². The van der Waals surface area contributed by atoms with Crippen LogP contribution in [0.5, 0.6) is 0 Å². The Morgan fingerprint density at radius 3 is 2.58 bits per heavy atom. The van der Waals surface area contributed by atoms with Crippen LogP contribution < -0.4 is 15.1 Å². The summed E-state index contributed by atoms with van der Waals surface area (Å²) in [4.78, 5) is 14.1. The normalized spacial score (nSPS) is 20.4. The Balaban J connectivity index is 1.38. The molecule has 0 amide bonds. The number of aryl methyl sites for hydroxylation is 1. The van der Waals surface area contributed by atoms with Gasteiger partial charge in [0, 0.05) is 56.8 Å². The molecule has 0 spiro atoms. The lowest BCUT2D eigenvalue weighted by Gasteiger charge is -2.36. The molecule has 0 radical (unpaired) electrons. The van der Waals surface area contributed by atoms with E-state index in [4.69, 9.17) is 9.72 Å². The van der Waals surface area contributed by atoms with E-state index in [-0.39, 0.29) is 0 Å². The number of nitrogens with zero attached hydrogens (tertiary/aromatic N) is 4. The Labute approximate surface area is 155 Å². The molecule has 2 aromatic rings. The Kier molecular flexibility index (Phi) is 5.20. The smallest absolute Gasteiger partial charge is 0.227 e. The third kappa shape index (κ3) is 4.07. The first-order valence-electron chi connectivity index (χ1n) is 9.54. The summed E-state index contributed by atoms with van der Waals surface area (Å²) >= 11 is 0. The number of nitrogens with one attached hydrogen (secondary N) is 1. The standard InChI is InChI=1S/C20H27N5O/c1-16-14-19(21-15-18-8-5-13-26-18)23-20(22-16)25-11-9-24(10-12-25)17-6-3-2-4-7-17/h2-4,6-7,14,18H,5,8-13,15H2,1H3,(H,21,22,23). The van der Waals surface area contributed by atoms with Crippen LogP contribution in [0.4, 0.5) is 17.5 Å². The molecule has 0 bridgehead atoms. The lowest BCUT2D eigenvalue weighted by Crippen LogP contribution is -2.47. The second-order valence-corrected chi connectivity index (χ2v) is 7.02. The van der Waals surface area contributed by atoms with Gasteiger partial charge in [0.15, 0.2) is 0 Å². The molecule has 0 aliphatic carbocycles. The molecule has 6 heteroatoms. The van der Waals surface area contributed by atoms with Crippen molar-refractivity contribution in [2.45, 2.75) is 25.9 Å². The average molecular weight is 353 g/mol. The number of ether oxygens (including phenoxy) is 1. The highest BCUT2D eigenvalue weighted by Crippen LogP contribution is 2.20. The van der Waals surface area contributed by atoms with Crippen LogP contribution in [0.1, 0.15) is 18.5 Å². The minimum absolute atomic E-state index is 0.308. The van der Waals surface area contributed by atoms with Gasteiger partial charge in [-0.15, -0.1) is 0 Å². The van der Waals surface area contributed by atoms with Crippen molar-refractivity contribution in [3.05, 3.63) is 42.1 Å². The largest absolute Gasteiger partial charge is 0.376 e. The molecule has 2 aliphatic rings. The lowest BCUT2D eigenvalue weighted by molar-refractivity contribution is 0.120. The summed E-state index contributed by atoms with van der Waals surface area (Å²) in [5.74, 6) is 1.72. The predicted molar refractivity (Wildman–Crippen MR) is 105 cm³/mol.